The highest BCUT2D eigenvalue weighted by Gasteiger charge is 2.10. The molecule has 0 aliphatic heterocycles. The monoisotopic (exact) mass is 260 g/mol. The Morgan fingerprint density at radius 1 is 1.53 bits per heavy atom. The fourth-order valence-electron chi connectivity index (χ4n) is 1.22. The van der Waals surface area contributed by atoms with Gasteiger partial charge in [0.1, 0.15) is 6.54 Å². The maximum Gasteiger partial charge on any atom is 0.241 e. The molecule has 0 atom stereocenters. The lowest BCUT2D eigenvalue weighted by atomic mass is 10.4. The SMILES string of the molecule is CCCNC(=O)Cn1cc(CS(C)(=O)=O)nn1. The normalized spacial score (nSPS) is 11.4. The number of nitrogens with zero attached hydrogens (tertiary/aromatic N) is 3. The van der Waals surface area contributed by atoms with Crippen LogP contribution in [-0.4, -0.2) is 42.1 Å². The van der Waals surface area contributed by atoms with Crippen molar-refractivity contribution in [3.8, 4) is 0 Å². The van der Waals surface area contributed by atoms with Crippen LogP contribution >= 0.6 is 0 Å². The van der Waals surface area contributed by atoms with Gasteiger partial charge in [-0.2, -0.15) is 0 Å². The van der Waals surface area contributed by atoms with E-state index in [1.54, 1.807) is 0 Å². The molecule has 0 saturated carbocycles. The fraction of sp³-hybridized carbons (Fsp3) is 0.667. The molecule has 0 radical (unpaired) electrons. The zero-order valence-electron chi connectivity index (χ0n) is 9.88. The highest BCUT2D eigenvalue weighted by molar-refractivity contribution is 7.89. The highest BCUT2D eigenvalue weighted by Crippen LogP contribution is 1.99. The van der Waals surface area contributed by atoms with Gasteiger partial charge in [-0.3, -0.25) is 4.79 Å². The van der Waals surface area contributed by atoms with Crippen molar-refractivity contribution in [3.63, 3.8) is 0 Å². The number of sulfone groups is 1. The lowest BCUT2D eigenvalue weighted by Gasteiger charge is -2.01. The third-order valence-corrected chi connectivity index (χ3v) is 2.69. The quantitative estimate of drug-likeness (QED) is 0.733. The number of carbonyl (C=O) groups is 1. The maximum absolute atomic E-state index is 11.3. The van der Waals surface area contributed by atoms with E-state index in [1.807, 2.05) is 6.92 Å². The molecule has 0 aliphatic carbocycles. The Bertz CT molecular complexity index is 480. The van der Waals surface area contributed by atoms with Gasteiger partial charge >= 0.3 is 0 Å². The first kappa shape index (κ1) is 13.6. The predicted octanol–water partition coefficient (Wildman–Crippen LogP) is -0.651. The van der Waals surface area contributed by atoms with Crippen LogP contribution in [0, 0.1) is 0 Å². The van der Waals surface area contributed by atoms with E-state index in [2.05, 4.69) is 15.6 Å². The number of carbonyl (C=O) groups excluding carboxylic acids is 1. The molecule has 1 amide bonds. The van der Waals surface area contributed by atoms with Gasteiger partial charge in [0.25, 0.3) is 0 Å². The molecule has 0 aliphatic rings. The summed E-state index contributed by atoms with van der Waals surface area (Å²) in [4.78, 5) is 11.3. The van der Waals surface area contributed by atoms with E-state index < -0.39 is 9.84 Å². The second kappa shape index (κ2) is 5.76. The highest BCUT2D eigenvalue weighted by atomic mass is 32.2. The summed E-state index contributed by atoms with van der Waals surface area (Å²) < 4.78 is 23.4. The van der Waals surface area contributed by atoms with Gasteiger partial charge in [-0.1, -0.05) is 12.1 Å². The average molecular weight is 260 g/mol. The van der Waals surface area contributed by atoms with Crippen molar-refractivity contribution in [1.29, 1.82) is 0 Å². The predicted molar refractivity (Wildman–Crippen MR) is 61.9 cm³/mol. The van der Waals surface area contributed by atoms with Crippen molar-refractivity contribution in [2.75, 3.05) is 12.8 Å². The molecule has 1 aromatic rings. The Kier molecular flexibility index (Phi) is 4.62. The molecule has 1 heterocycles. The molecule has 0 spiro atoms. The minimum absolute atomic E-state index is 0.0523. The first-order valence-corrected chi connectivity index (χ1v) is 7.30. The van der Waals surface area contributed by atoms with Gasteiger partial charge in [-0.25, -0.2) is 13.1 Å². The van der Waals surface area contributed by atoms with Crippen molar-refractivity contribution in [3.05, 3.63) is 11.9 Å². The Morgan fingerprint density at radius 3 is 2.82 bits per heavy atom. The summed E-state index contributed by atoms with van der Waals surface area (Å²) >= 11 is 0. The molecule has 1 aromatic heterocycles. The third-order valence-electron chi connectivity index (χ3n) is 1.87. The van der Waals surface area contributed by atoms with E-state index in [4.69, 9.17) is 0 Å². The van der Waals surface area contributed by atoms with E-state index in [-0.39, 0.29) is 18.2 Å². The number of hydrogen-bond acceptors (Lipinski definition) is 5. The molecule has 8 heteroatoms. The van der Waals surface area contributed by atoms with E-state index >= 15 is 0 Å². The molecular formula is C9H16N4O3S. The number of hydrogen-bond donors (Lipinski definition) is 1. The second-order valence-corrected chi connectivity index (χ2v) is 5.97. The summed E-state index contributed by atoms with van der Waals surface area (Å²) in [6.45, 7) is 2.63. The summed E-state index contributed by atoms with van der Waals surface area (Å²) in [5.74, 6) is -0.327. The Hall–Kier alpha value is -1.44. The molecular weight excluding hydrogens is 244 g/mol. The first-order chi connectivity index (χ1) is 7.90. The van der Waals surface area contributed by atoms with Crippen molar-refractivity contribution >= 4 is 15.7 Å². The zero-order valence-corrected chi connectivity index (χ0v) is 10.7. The van der Waals surface area contributed by atoms with Crippen LogP contribution in [0.4, 0.5) is 0 Å². The van der Waals surface area contributed by atoms with Crippen molar-refractivity contribution in [2.24, 2.45) is 0 Å². The van der Waals surface area contributed by atoms with Gasteiger partial charge in [0.15, 0.2) is 9.84 Å². The Morgan fingerprint density at radius 2 is 2.24 bits per heavy atom. The second-order valence-electron chi connectivity index (χ2n) is 3.83. The minimum atomic E-state index is -3.12. The van der Waals surface area contributed by atoms with Crippen molar-refractivity contribution < 1.29 is 13.2 Å². The van der Waals surface area contributed by atoms with Gasteiger partial charge < -0.3 is 5.32 Å². The number of nitrogens with one attached hydrogen (secondary N) is 1. The minimum Gasteiger partial charge on any atom is -0.355 e. The van der Waals surface area contributed by atoms with Gasteiger partial charge in [-0.05, 0) is 6.42 Å². The van der Waals surface area contributed by atoms with E-state index in [9.17, 15) is 13.2 Å². The van der Waals surface area contributed by atoms with Gasteiger partial charge in [-0.15, -0.1) is 5.10 Å². The average Bonchev–Trinajstić information content (AvgIpc) is 2.59. The van der Waals surface area contributed by atoms with Crippen LogP contribution in [0.3, 0.4) is 0 Å². The molecule has 1 N–H and O–H groups in total. The van der Waals surface area contributed by atoms with Crippen LogP contribution in [0.15, 0.2) is 6.20 Å². The summed E-state index contributed by atoms with van der Waals surface area (Å²) in [6, 6.07) is 0. The summed E-state index contributed by atoms with van der Waals surface area (Å²) in [7, 11) is -3.12. The fourth-order valence-corrected chi connectivity index (χ4v) is 1.89. The Labute approximate surface area is 100 Å². The van der Waals surface area contributed by atoms with Crippen LogP contribution in [0.2, 0.25) is 0 Å². The smallest absolute Gasteiger partial charge is 0.241 e. The standard InChI is InChI=1S/C9H16N4O3S/c1-3-4-10-9(14)6-13-5-8(11-12-13)7-17(2,15)16/h5H,3-4,6-7H2,1-2H3,(H,10,14). The van der Waals surface area contributed by atoms with Gasteiger partial charge in [0.05, 0.1) is 17.6 Å². The van der Waals surface area contributed by atoms with E-state index in [0.717, 1.165) is 12.7 Å². The first-order valence-electron chi connectivity index (χ1n) is 5.24. The van der Waals surface area contributed by atoms with Crippen LogP contribution in [0.1, 0.15) is 19.0 Å². The topological polar surface area (TPSA) is 94.0 Å². The number of amides is 1. The molecule has 0 unspecified atom stereocenters. The van der Waals surface area contributed by atoms with Crippen molar-refractivity contribution in [2.45, 2.75) is 25.6 Å². The molecule has 0 aromatic carbocycles. The third kappa shape index (κ3) is 5.43. The largest absolute Gasteiger partial charge is 0.355 e. The van der Waals surface area contributed by atoms with Crippen LogP contribution < -0.4 is 5.32 Å². The summed E-state index contributed by atoms with van der Waals surface area (Å²) in [5.41, 5.74) is 0.343. The van der Waals surface area contributed by atoms with E-state index in [0.29, 0.717) is 12.2 Å². The molecule has 17 heavy (non-hydrogen) atoms. The Balaban J connectivity index is 2.54. The number of rotatable bonds is 6. The number of aromatic nitrogens is 3. The summed E-state index contributed by atoms with van der Waals surface area (Å²) in [5, 5.41) is 10.1. The lowest BCUT2D eigenvalue weighted by Crippen LogP contribution is -2.28. The lowest BCUT2D eigenvalue weighted by molar-refractivity contribution is -0.121. The van der Waals surface area contributed by atoms with E-state index in [1.165, 1.54) is 10.9 Å². The maximum atomic E-state index is 11.3. The van der Waals surface area contributed by atoms with Crippen LogP contribution in [-0.2, 0) is 26.9 Å². The molecule has 1 rings (SSSR count). The molecule has 0 saturated heterocycles. The zero-order chi connectivity index (χ0) is 12.9. The molecule has 0 bridgehead atoms. The molecule has 96 valence electrons. The summed E-state index contributed by atoms with van der Waals surface area (Å²) in [6.07, 6.45) is 3.45. The van der Waals surface area contributed by atoms with Gasteiger partial charge in [0.2, 0.25) is 5.91 Å². The van der Waals surface area contributed by atoms with Gasteiger partial charge in [0, 0.05) is 12.8 Å². The van der Waals surface area contributed by atoms with Crippen LogP contribution in [0.25, 0.3) is 0 Å². The molecule has 7 nitrogen and oxygen atoms in total. The van der Waals surface area contributed by atoms with Crippen LogP contribution in [0.5, 0.6) is 0 Å². The molecule has 0 fully saturated rings. The van der Waals surface area contributed by atoms with Crippen molar-refractivity contribution in [1.82, 2.24) is 20.3 Å².